The molecule has 2 unspecified atom stereocenters. The van der Waals surface area contributed by atoms with Crippen molar-refractivity contribution >= 4 is 33.0 Å². The number of allylic oxidation sites excluding steroid dienone is 4. The molecule has 2 atom stereocenters. The van der Waals surface area contributed by atoms with Crippen LogP contribution in [0, 0.1) is 5.82 Å². The van der Waals surface area contributed by atoms with Crippen molar-refractivity contribution in [3.63, 3.8) is 0 Å². The minimum absolute atomic E-state index is 0.00843. The molecule has 5 rings (SSSR count). The second-order valence-corrected chi connectivity index (χ2v) is 9.22. The number of nitrogens with one attached hydrogen (secondary N) is 1. The van der Waals surface area contributed by atoms with E-state index >= 15 is 0 Å². The Morgan fingerprint density at radius 3 is 2.58 bits per heavy atom. The first kappa shape index (κ1) is 19.9. The highest BCUT2D eigenvalue weighted by molar-refractivity contribution is 7.17. The lowest BCUT2D eigenvalue weighted by Gasteiger charge is -2.36. The predicted octanol–water partition coefficient (Wildman–Crippen LogP) is 5.99. The maximum absolute atomic E-state index is 13.5. The summed E-state index contributed by atoms with van der Waals surface area (Å²) in [4.78, 5) is 26.2. The normalized spacial score (nSPS) is 21.3. The van der Waals surface area contributed by atoms with Gasteiger partial charge in [-0.2, -0.15) is 0 Å². The van der Waals surface area contributed by atoms with Gasteiger partial charge in [0.1, 0.15) is 5.82 Å². The minimum Gasteiger partial charge on any atom is -0.362 e. The van der Waals surface area contributed by atoms with E-state index in [9.17, 15) is 14.0 Å². The number of Topliss-reactive ketones (excluding diaryl/α,β-unsaturated/α-hetero) is 2. The van der Waals surface area contributed by atoms with Gasteiger partial charge in [0.15, 0.2) is 11.6 Å². The fourth-order valence-corrected chi connectivity index (χ4v) is 6.00. The molecule has 2 aliphatic rings. The number of carbonyl (C=O) groups is 2. The molecular weight excluding hydrogens is 409 g/mol. The zero-order valence-electron chi connectivity index (χ0n) is 17.4. The summed E-state index contributed by atoms with van der Waals surface area (Å²) in [6.07, 6.45) is 1.02. The lowest BCUT2D eigenvalue weighted by Crippen LogP contribution is -2.35. The lowest BCUT2D eigenvalue weighted by atomic mass is 9.71. The Balaban J connectivity index is 1.64. The summed E-state index contributed by atoms with van der Waals surface area (Å²) in [5.74, 6) is -0.617. The molecule has 5 heteroatoms. The van der Waals surface area contributed by atoms with Crippen LogP contribution in [0.5, 0.6) is 0 Å². The van der Waals surface area contributed by atoms with Crippen molar-refractivity contribution in [2.75, 3.05) is 0 Å². The van der Waals surface area contributed by atoms with Crippen LogP contribution in [0.4, 0.5) is 4.39 Å². The van der Waals surface area contributed by atoms with Gasteiger partial charge in [-0.3, -0.25) is 9.59 Å². The van der Waals surface area contributed by atoms with Crippen LogP contribution in [0.2, 0.25) is 0 Å². The standard InChI is InChI=1S/C26H22FNO2S/c1-14-24(15(2)29)25(20-13-31-23-6-4-3-5-19(20)23)26-21(28-14)11-17(12-22(26)30)16-7-9-18(27)10-8-16/h3-10,13,17,25,28H,11-12H2,1-2H3. The number of hydrogen-bond donors (Lipinski definition) is 1. The number of benzene rings is 2. The van der Waals surface area contributed by atoms with Crippen molar-refractivity contribution in [3.05, 3.63) is 93.4 Å². The van der Waals surface area contributed by atoms with E-state index in [0.29, 0.717) is 24.0 Å². The van der Waals surface area contributed by atoms with Crippen LogP contribution < -0.4 is 5.32 Å². The minimum atomic E-state index is -0.355. The Bertz CT molecular complexity index is 1280. The summed E-state index contributed by atoms with van der Waals surface area (Å²) in [7, 11) is 0. The molecular formula is C26H22FNO2S. The van der Waals surface area contributed by atoms with Gasteiger partial charge in [0.2, 0.25) is 0 Å². The largest absolute Gasteiger partial charge is 0.362 e. The Hall–Kier alpha value is -3.05. The van der Waals surface area contributed by atoms with E-state index in [1.807, 2.05) is 19.1 Å². The number of carbonyl (C=O) groups excluding carboxylic acids is 2. The quantitative estimate of drug-likeness (QED) is 0.554. The predicted molar refractivity (Wildman–Crippen MR) is 121 cm³/mol. The summed E-state index contributed by atoms with van der Waals surface area (Å²) in [5, 5.41) is 6.55. The van der Waals surface area contributed by atoms with Crippen molar-refractivity contribution in [2.24, 2.45) is 0 Å². The molecule has 2 heterocycles. The first-order chi connectivity index (χ1) is 14.9. The van der Waals surface area contributed by atoms with E-state index < -0.39 is 0 Å². The van der Waals surface area contributed by atoms with E-state index in [4.69, 9.17) is 0 Å². The molecule has 0 bridgehead atoms. The molecule has 0 amide bonds. The second-order valence-electron chi connectivity index (χ2n) is 8.31. The lowest BCUT2D eigenvalue weighted by molar-refractivity contribution is -0.116. The van der Waals surface area contributed by atoms with Gasteiger partial charge in [-0.1, -0.05) is 30.3 Å². The monoisotopic (exact) mass is 431 g/mol. The van der Waals surface area contributed by atoms with Crippen LogP contribution >= 0.6 is 11.3 Å². The van der Waals surface area contributed by atoms with Crippen LogP contribution in [0.15, 0.2) is 76.5 Å². The number of ketones is 2. The summed E-state index contributed by atoms with van der Waals surface area (Å²) < 4.78 is 14.5. The molecule has 0 spiro atoms. The van der Waals surface area contributed by atoms with Crippen LogP contribution in [0.1, 0.15) is 49.7 Å². The van der Waals surface area contributed by atoms with Crippen molar-refractivity contribution in [3.8, 4) is 0 Å². The molecule has 0 radical (unpaired) electrons. The molecule has 1 aliphatic heterocycles. The van der Waals surface area contributed by atoms with Crippen molar-refractivity contribution in [2.45, 2.75) is 38.5 Å². The number of fused-ring (bicyclic) bond motifs is 1. The Morgan fingerprint density at radius 2 is 1.84 bits per heavy atom. The smallest absolute Gasteiger partial charge is 0.162 e. The molecule has 0 fully saturated rings. The third-order valence-electron chi connectivity index (χ3n) is 6.37. The first-order valence-corrected chi connectivity index (χ1v) is 11.3. The maximum Gasteiger partial charge on any atom is 0.162 e. The van der Waals surface area contributed by atoms with E-state index in [1.54, 1.807) is 30.4 Å². The average Bonchev–Trinajstić information content (AvgIpc) is 3.16. The van der Waals surface area contributed by atoms with Crippen LogP contribution in [-0.4, -0.2) is 11.6 Å². The van der Waals surface area contributed by atoms with Crippen LogP contribution in [0.25, 0.3) is 10.1 Å². The van der Waals surface area contributed by atoms with Gasteiger partial charge in [0.25, 0.3) is 0 Å². The highest BCUT2D eigenvalue weighted by atomic mass is 32.1. The van der Waals surface area contributed by atoms with Gasteiger partial charge in [0.05, 0.1) is 0 Å². The van der Waals surface area contributed by atoms with Gasteiger partial charge >= 0.3 is 0 Å². The third kappa shape index (κ3) is 3.33. The summed E-state index contributed by atoms with van der Waals surface area (Å²) in [6.45, 7) is 3.48. The number of rotatable bonds is 3. The first-order valence-electron chi connectivity index (χ1n) is 10.4. The Kier molecular flexibility index (Phi) is 4.86. The fourth-order valence-electron chi connectivity index (χ4n) is 5.01. The highest BCUT2D eigenvalue weighted by Gasteiger charge is 2.40. The average molecular weight is 432 g/mol. The zero-order valence-corrected chi connectivity index (χ0v) is 18.2. The molecule has 1 aromatic heterocycles. The molecule has 2 aromatic carbocycles. The molecule has 0 saturated heterocycles. The van der Waals surface area contributed by atoms with Gasteiger partial charge in [0, 0.05) is 39.6 Å². The number of thiophene rings is 1. The molecule has 156 valence electrons. The molecule has 31 heavy (non-hydrogen) atoms. The molecule has 3 aromatic rings. The van der Waals surface area contributed by atoms with Crippen LogP contribution in [-0.2, 0) is 9.59 Å². The number of halogens is 1. The number of dihydropyridines is 1. The Labute approximate surface area is 184 Å². The van der Waals surface area contributed by atoms with E-state index in [2.05, 4.69) is 22.8 Å². The van der Waals surface area contributed by atoms with Gasteiger partial charge in [-0.05, 0) is 66.3 Å². The second kappa shape index (κ2) is 7.57. The van der Waals surface area contributed by atoms with Crippen molar-refractivity contribution < 1.29 is 14.0 Å². The van der Waals surface area contributed by atoms with Gasteiger partial charge in [-0.25, -0.2) is 4.39 Å². The molecule has 1 aliphatic carbocycles. The van der Waals surface area contributed by atoms with Crippen LogP contribution in [0.3, 0.4) is 0 Å². The number of hydrogen-bond acceptors (Lipinski definition) is 4. The maximum atomic E-state index is 13.5. The zero-order chi connectivity index (χ0) is 21.7. The van der Waals surface area contributed by atoms with E-state index in [-0.39, 0.29) is 29.2 Å². The highest BCUT2D eigenvalue weighted by Crippen LogP contribution is 2.48. The summed E-state index contributed by atoms with van der Waals surface area (Å²) in [5.41, 5.74) is 5.04. The van der Waals surface area contributed by atoms with Gasteiger partial charge in [-0.15, -0.1) is 11.3 Å². The van der Waals surface area contributed by atoms with Crippen molar-refractivity contribution in [1.82, 2.24) is 5.32 Å². The van der Waals surface area contributed by atoms with E-state index in [1.165, 1.54) is 12.1 Å². The van der Waals surface area contributed by atoms with Crippen molar-refractivity contribution in [1.29, 1.82) is 0 Å². The van der Waals surface area contributed by atoms with E-state index in [0.717, 1.165) is 32.6 Å². The SMILES string of the molecule is CC(=O)C1=C(C)NC2=C(C(=O)CC(c3ccc(F)cc3)C2)C1c1csc2ccccc12. The third-order valence-corrected chi connectivity index (χ3v) is 7.35. The molecule has 0 saturated carbocycles. The topological polar surface area (TPSA) is 46.2 Å². The summed E-state index contributed by atoms with van der Waals surface area (Å²) >= 11 is 1.64. The molecule has 1 N–H and O–H groups in total. The molecule has 3 nitrogen and oxygen atoms in total. The Morgan fingerprint density at radius 1 is 1.10 bits per heavy atom. The van der Waals surface area contributed by atoms with Gasteiger partial charge < -0.3 is 5.32 Å². The fraction of sp³-hybridized carbons (Fsp3) is 0.231. The summed E-state index contributed by atoms with van der Waals surface area (Å²) in [6, 6.07) is 14.5.